The van der Waals surface area contributed by atoms with Gasteiger partial charge in [-0.15, -0.1) is 13.2 Å². The van der Waals surface area contributed by atoms with E-state index in [2.05, 4.69) is 23.8 Å². The maximum Gasteiger partial charge on any atom is 0.573 e. The van der Waals surface area contributed by atoms with Crippen LogP contribution in [-0.4, -0.2) is 6.36 Å². The minimum Gasteiger partial charge on any atom is -0.402 e. The molecule has 0 radical (unpaired) electrons. The number of ether oxygens (including phenoxy) is 1. The fourth-order valence-electron chi connectivity index (χ4n) is 5.37. The summed E-state index contributed by atoms with van der Waals surface area (Å²) >= 11 is 0. The first-order valence-electron chi connectivity index (χ1n) is 12.7. The minimum absolute atomic E-state index is 0.0186. The number of rotatable bonds is 7. The van der Waals surface area contributed by atoms with Crippen molar-refractivity contribution in [2.75, 3.05) is 0 Å². The van der Waals surface area contributed by atoms with Gasteiger partial charge in [-0.1, -0.05) is 63.1 Å². The summed E-state index contributed by atoms with van der Waals surface area (Å²) < 4.78 is 71.4. The highest BCUT2D eigenvalue weighted by atomic mass is 19.4. The minimum atomic E-state index is -5.01. The van der Waals surface area contributed by atoms with Gasteiger partial charge in [-0.3, -0.25) is 0 Å². The average Bonchev–Trinajstić information content (AvgIpc) is 2.85. The molecule has 1 nitrogen and oxygen atoms in total. The number of hydrogen-bond donors (Lipinski definition) is 0. The van der Waals surface area contributed by atoms with Gasteiger partial charge in [0.25, 0.3) is 0 Å². The molecule has 192 valence electrons. The second-order valence-electron chi connectivity index (χ2n) is 9.67. The van der Waals surface area contributed by atoms with Crippen LogP contribution in [-0.2, 0) is 6.42 Å². The Balaban J connectivity index is 1.53. The Morgan fingerprint density at radius 2 is 1.42 bits per heavy atom. The monoisotopic (exact) mass is 502 g/mol. The highest BCUT2D eigenvalue weighted by molar-refractivity contribution is 5.72. The topological polar surface area (TPSA) is 9.23 Å². The van der Waals surface area contributed by atoms with E-state index in [-0.39, 0.29) is 23.1 Å². The van der Waals surface area contributed by atoms with Crippen molar-refractivity contribution in [1.29, 1.82) is 0 Å². The molecule has 1 fully saturated rings. The molecule has 4 rings (SSSR count). The van der Waals surface area contributed by atoms with Crippen LogP contribution in [0.15, 0.2) is 54.6 Å². The molecule has 0 atom stereocenters. The van der Waals surface area contributed by atoms with Gasteiger partial charge >= 0.3 is 6.36 Å². The molecule has 0 aliphatic heterocycles. The van der Waals surface area contributed by atoms with E-state index in [0.717, 1.165) is 17.5 Å². The van der Waals surface area contributed by atoms with E-state index < -0.39 is 23.7 Å². The maximum absolute atomic E-state index is 15.1. The predicted octanol–water partition coefficient (Wildman–Crippen LogP) is 9.83. The molecule has 0 unspecified atom stereocenters. The van der Waals surface area contributed by atoms with Crippen LogP contribution in [0.3, 0.4) is 0 Å². The lowest BCUT2D eigenvalue weighted by molar-refractivity contribution is -0.275. The number of aryl methyl sites for hydroxylation is 1. The summed E-state index contributed by atoms with van der Waals surface area (Å²) in [7, 11) is 0. The van der Waals surface area contributed by atoms with Crippen molar-refractivity contribution in [3.05, 3.63) is 77.4 Å². The fraction of sp³-hybridized carbons (Fsp3) is 0.400. The second-order valence-corrected chi connectivity index (χ2v) is 9.67. The van der Waals surface area contributed by atoms with Gasteiger partial charge in [0.1, 0.15) is 5.82 Å². The smallest absolute Gasteiger partial charge is 0.402 e. The molecule has 0 heterocycles. The maximum atomic E-state index is 15.1. The first kappa shape index (κ1) is 26.2. The molecule has 0 N–H and O–H groups in total. The molecule has 36 heavy (non-hydrogen) atoms. The molecule has 1 aliphatic carbocycles. The lowest BCUT2D eigenvalue weighted by atomic mass is 9.77. The summed E-state index contributed by atoms with van der Waals surface area (Å²) in [4.78, 5) is 0. The largest absolute Gasteiger partial charge is 0.573 e. The average molecular weight is 503 g/mol. The summed E-state index contributed by atoms with van der Waals surface area (Å²) in [6.45, 7) is 3.83. The van der Waals surface area contributed by atoms with Crippen LogP contribution < -0.4 is 4.74 Å². The van der Waals surface area contributed by atoms with Gasteiger partial charge in [0, 0.05) is 5.56 Å². The highest BCUT2D eigenvalue weighted by Gasteiger charge is 2.33. The molecule has 3 aromatic rings. The first-order valence-corrected chi connectivity index (χ1v) is 12.7. The van der Waals surface area contributed by atoms with Crippen LogP contribution in [0.25, 0.3) is 22.3 Å². The van der Waals surface area contributed by atoms with Crippen molar-refractivity contribution < 1.29 is 26.7 Å². The van der Waals surface area contributed by atoms with Crippen LogP contribution in [0.4, 0.5) is 22.0 Å². The number of benzene rings is 3. The van der Waals surface area contributed by atoms with Crippen LogP contribution in [0.1, 0.15) is 69.4 Å². The van der Waals surface area contributed by atoms with E-state index in [0.29, 0.717) is 11.5 Å². The predicted molar refractivity (Wildman–Crippen MR) is 133 cm³/mol. The molecule has 1 saturated carbocycles. The lowest BCUT2D eigenvalue weighted by Gasteiger charge is -2.28. The molecule has 0 spiro atoms. The zero-order valence-electron chi connectivity index (χ0n) is 20.6. The van der Waals surface area contributed by atoms with Crippen molar-refractivity contribution in [1.82, 2.24) is 0 Å². The Kier molecular flexibility index (Phi) is 8.01. The van der Waals surface area contributed by atoms with E-state index >= 15 is 4.39 Å². The van der Waals surface area contributed by atoms with E-state index in [4.69, 9.17) is 0 Å². The molecular weight excluding hydrogens is 471 g/mol. The molecular formula is C30H31F5O. The number of hydrogen-bond acceptors (Lipinski definition) is 1. The van der Waals surface area contributed by atoms with E-state index in [1.165, 1.54) is 62.3 Å². The third kappa shape index (κ3) is 6.08. The summed E-state index contributed by atoms with van der Waals surface area (Å²) in [5.74, 6) is -1.20. The van der Waals surface area contributed by atoms with Crippen molar-refractivity contribution in [3.63, 3.8) is 0 Å². The quantitative estimate of drug-likeness (QED) is 0.292. The Bertz CT molecular complexity index is 1180. The van der Waals surface area contributed by atoms with Gasteiger partial charge in [-0.05, 0) is 90.0 Å². The Labute approximate surface area is 209 Å². The standard InChI is InChI=1S/C30H31F5O/c1-3-5-19-6-8-21(9-7-19)22-10-12-23(13-11-22)24-14-15-26(27(31)17-24)25-16-20(4-2)29(28(32)18-25)36-30(33,34)35/h10-19,21H,3-9H2,1-2H3. The Hall–Kier alpha value is -2.89. The first-order chi connectivity index (χ1) is 17.2. The van der Waals surface area contributed by atoms with E-state index in [9.17, 15) is 17.6 Å². The third-order valence-corrected chi connectivity index (χ3v) is 7.26. The molecule has 6 heteroatoms. The summed E-state index contributed by atoms with van der Waals surface area (Å²) in [6, 6.07) is 15.1. The Morgan fingerprint density at radius 1 is 0.778 bits per heavy atom. The van der Waals surface area contributed by atoms with Gasteiger partial charge in [0.05, 0.1) is 0 Å². The molecule has 3 aromatic carbocycles. The Morgan fingerprint density at radius 3 is 2.00 bits per heavy atom. The van der Waals surface area contributed by atoms with Crippen LogP contribution in [0.2, 0.25) is 0 Å². The highest BCUT2D eigenvalue weighted by Crippen LogP contribution is 2.39. The normalized spacial score (nSPS) is 18.3. The van der Waals surface area contributed by atoms with Crippen LogP contribution in [0, 0.1) is 17.6 Å². The molecule has 0 aromatic heterocycles. The van der Waals surface area contributed by atoms with Crippen molar-refractivity contribution in [3.8, 4) is 28.0 Å². The molecule has 0 bridgehead atoms. The summed E-state index contributed by atoms with van der Waals surface area (Å²) in [6.07, 6.45) is 2.60. The van der Waals surface area contributed by atoms with Gasteiger partial charge < -0.3 is 4.74 Å². The van der Waals surface area contributed by atoms with Gasteiger partial charge in [0.2, 0.25) is 0 Å². The van der Waals surface area contributed by atoms with Gasteiger partial charge in [-0.2, -0.15) is 0 Å². The van der Waals surface area contributed by atoms with Crippen LogP contribution >= 0.6 is 0 Å². The summed E-state index contributed by atoms with van der Waals surface area (Å²) in [5, 5.41) is 0. The third-order valence-electron chi connectivity index (χ3n) is 7.26. The zero-order chi connectivity index (χ0) is 25.9. The fourth-order valence-corrected chi connectivity index (χ4v) is 5.37. The van der Waals surface area contributed by atoms with Crippen molar-refractivity contribution in [2.24, 2.45) is 5.92 Å². The van der Waals surface area contributed by atoms with Crippen molar-refractivity contribution >= 4 is 0 Å². The molecule has 0 saturated heterocycles. The number of alkyl halides is 3. The van der Waals surface area contributed by atoms with E-state index in [1.807, 2.05) is 12.1 Å². The molecule has 1 aliphatic rings. The summed E-state index contributed by atoms with van der Waals surface area (Å²) in [5.41, 5.74) is 3.17. The zero-order valence-corrected chi connectivity index (χ0v) is 20.6. The lowest BCUT2D eigenvalue weighted by Crippen LogP contribution is -2.19. The van der Waals surface area contributed by atoms with Crippen molar-refractivity contribution in [2.45, 2.75) is 71.1 Å². The number of halogens is 5. The SMILES string of the molecule is CCCC1CCC(c2ccc(-c3ccc(-c4cc(F)c(OC(F)(F)F)c(CC)c4)c(F)c3)cc2)CC1. The van der Waals surface area contributed by atoms with Gasteiger partial charge in [0.15, 0.2) is 11.6 Å². The second kappa shape index (κ2) is 11.0. The van der Waals surface area contributed by atoms with E-state index in [1.54, 1.807) is 13.0 Å². The van der Waals surface area contributed by atoms with Crippen LogP contribution in [0.5, 0.6) is 5.75 Å². The molecule has 0 amide bonds. The van der Waals surface area contributed by atoms with Gasteiger partial charge in [-0.25, -0.2) is 8.78 Å².